The molecule has 1 aromatic heterocycles. The highest BCUT2D eigenvalue weighted by atomic mass is 32.1. The van der Waals surface area contributed by atoms with E-state index in [-0.39, 0.29) is 5.91 Å². The van der Waals surface area contributed by atoms with Gasteiger partial charge in [0.15, 0.2) is 10.2 Å². The molecule has 0 aliphatic heterocycles. The van der Waals surface area contributed by atoms with Crippen LogP contribution in [0.15, 0.2) is 60.0 Å². The van der Waals surface area contributed by atoms with Crippen LogP contribution in [0, 0.1) is 0 Å². The summed E-state index contributed by atoms with van der Waals surface area (Å²) in [4.78, 5) is 16.6. The van der Waals surface area contributed by atoms with Gasteiger partial charge in [-0.25, -0.2) is 4.98 Å². The zero-order chi connectivity index (χ0) is 20.5. The Labute approximate surface area is 179 Å². The van der Waals surface area contributed by atoms with Gasteiger partial charge in [-0.1, -0.05) is 30.3 Å². The van der Waals surface area contributed by atoms with Crippen LogP contribution in [0.1, 0.15) is 22.5 Å². The van der Waals surface area contributed by atoms with Crippen molar-refractivity contribution in [1.82, 2.24) is 10.3 Å². The number of carbonyl (C=O) groups excluding carboxylic acids is 1. The van der Waals surface area contributed by atoms with Crippen LogP contribution in [0.25, 0.3) is 0 Å². The summed E-state index contributed by atoms with van der Waals surface area (Å²) in [6.07, 6.45) is 1.80. The van der Waals surface area contributed by atoms with Crippen molar-refractivity contribution in [3.05, 3.63) is 71.2 Å². The third-order valence-electron chi connectivity index (χ3n) is 4.08. The number of aryl methyl sites for hydroxylation is 1. The molecular weight excluding hydrogens is 404 g/mol. The van der Waals surface area contributed by atoms with Crippen LogP contribution in [0.4, 0.5) is 10.8 Å². The Bertz CT molecular complexity index is 943. The molecule has 0 radical (unpaired) electrons. The van der Waals surface area contributed by atoms with Crippen molar-refractivity contribution in [1.29, 1.82) is 0 Å². The number of methoxy groups -OCH3 is 1. The Kier molecular flexibility index (Phi) is 7.54. The number of nitrogens with zero attached hydrogens (tertiary/aromatic N) is 1. The van der Waals surface area contributed by atoms with Crippen LogP contribution >= 0.6 is 23.6 Å². The minimum atomic E-state index is -0.184. The Morgan fingerprint density at radius 3 is 2.59 bits per heavy atom. The number of carbonyl (C=O) groups is 1. The topological polar surface area (TPSA) is 75.3 Å². The van der Waals surface area contributed by atoms with Crippen molar-refractivity contribution in [3.8, 4) is 5.75 Å². The van der Waals surface area contributed by atoms with Crippen molar-refractivity contribution < 1.29 is 9.53 Å². The van der Waals surface area contributed by atoms with Gasteiger partial charge < -0.3 is 20.7 Å². The van der Waals surface area contributed by atoms with Gasteiger partial charge >= 0.3 is 0 Å². The van der Waals surface area contributed by atoms with Gasteiger partial charge in [0, 0.05) is 17.6 Å². The Hall–Kier alpha value is -2.97. The van der Waals surface area contributed by atoms with Gasteiger partial charge in [-0.2, -0.15) is 0 Å². The van der Waals surface area contributed by atoms with E-state index in [1.165, 1.54) is 16.9 Å². The first kappa shape index (κ1) is 20.8. The SMILES string of the molecule is COc1ccc(NC(=S)Nc2nc(C(=O)NCCCc3ccccc3)cs2)cc1. The quantitative estimate of drug-likeness (QED) is 0.368. The molecule has 0 saturated carbocycles. The third kappa shape index (κ3) is 6.55. The van der Waals surface area contributed by atoms with E-state index in [0.717, 1.165) is 24.3 Å². The van der Waals surface area contributed by atoms with E-state index in [2.05, 4.69) is 33.1 Å². The minimum absolute atomic E-state index is 0.184. The molecule has 6 nitrogen and oxygen atoms in total. The van der Waals surface area contributed by atoms with E-state index >= 15 is 0 Å². The Balaban J connectivity index is 1.42. The summed E-state index contributed by atoms with van der Waals surface area (Å²) in [6, 6.07) is 17.6. The van der Waals surface area contributed by atoms with Crippen LogP contribution in [-0.2, 0) is 6.42 Å². The first-order valence-corrected chi connectivity index (χ1v) is 10.4. The number of anilines is 2. The van der Waals surface area contributed by atoms with E-state index in [1.54, 1.807) is 12.5 Å². The van der Waals surface area contributed by atoms with Crippen molar-refractivity contribution in [2.24, 2.45) is 0 Å². The van der Waals surface area contributed by atoms with E-state index in [9.17, 15) is 4.79 Å². The molecule has 150 valence electrons. The van der Waals surface area contributed by atoms with Gasteiger partial charge in [0.1, 0.15) is 11.4 Å². The van der Waals surface area contributed by atoms with E-state index < -0.39 is 0 Å². The summed E-state index contributed by atoms with van der Waals surface area (Å²) in [5.74, 6) is 0.588. The highest BCUT2D eigenvalue weighted by Crippen LogP contribution is 2.18. The zero-order valence-corrected chi connectivity index (χ0v) is 17.6. The Morgan fingerprint density at radius 2 is 1.86 bits per heavy atom. The fourth-order valence-corrected chi connectivity index (χ4v) is 3.57. The second kappa shape index (κ2) is 10.5. The van der Waals surface area contributed by atoms with Crippen molar-refractivity contribution in [2.75, 3.05) is 24.3 Å². The average Bonchev–Trinajstić information content (AvgIpc) is 3.21. The number of hydrogen-bond donors (Lipinski definition) is 3. The molecule has 3 N–H and O–H groups in total. The molecule has 29 heavy (non-hydrogen) atoms. The molecule has 1 heterocycles. The molecule has 0 bridgehead atoms. The summed E-state index contributed by atoms with van der Waals surface area (Å²) in [6.45, 7) is 0.603. The molecule has 1 amide bonds. The molecule has 0 atom stereocenters. The maximum atomic E-state index is 12.3. The Morgan fingerprint density at radius 1 is 1.10 bits per heavy atom. The monoisotopic (exact) mass is 426 g/mol. The number of ether oxygens (including phenoxy) is 1. The van der Waals surface area contributed by atoms with E-state index in [0.29, 0.717) is 22.5 Å². The molecule has 3 rings (SSSR count). The highest BCUT2D eigenvalue weighted by Gasteiger charge is 2.11. The number of thiazole rings is 1. The first-order valence-electron chi connectivity index (χ1n) is 9.14. The number of aromatic nitrogens is 1. The largest absolute Gasteiger partial charge is 0.497 e. The van der Waals surface area contributed by atoms with Gasteiger partial charge in [-0.05, 0) is 54.9 Å². The normalized spacial score (nSPS) is 10.2. The van der Waals surface area contributed by atoms with Gasteiger partial charge in [0.2, 0.25) is 0 Å². The lowest BCUT2D eigenvalue weighted by Gasteiger charge is -2.08. The van der Waals surface area contributed by atoms with Crippen LogP contribution in [-0.4, -0.2) is 29.7 Å². The standard InChI is InChI=1S/C21H22N4O2S2/c1-27-17-11-9-16(10-12-17)23-20(28)25-21-24-18(14-29-21)19(26)22-13-5-8-15-6-3-2-4-7-15/h2-4,6-7,9-12,14H,5,8,13H2,1H3,(H,22,26)(H2,23,24,25,28). The lowest BCUT2D eigenvalue weighted by Crippen LogP contribution is -2.25. The van der Waals surface area contributed by atoms with Gasteiger partial charge in [-0.3, -0.25) is 4.79 Å². The molecule has 0 aliphatic rings. The molecular formula is C21H22N4O2S2. The van der Waals surface area contributed by atoms with E-state index in [1.807, 2.05) is 42.5 Å². The first-order chi connectivity index (χ1) is 14.1. The number of amides is 1. The molecule has 0 saturated heterocycles. The predicted molar refractivity (Wildman–Crippen MR) is 122 cm³/mol. The van der Waals surface area contributed by atoms with Crippen molar-refractivity contribution in [3.63, 3.8) is 0 Å². The molecule has 8 heteroatoms. The number of thiocarbonyl (C=S) groups is 1. The molecule has 0 unspecified atom stereocenters. The summed E-state index contributed by atoms with van der Waals surface area (Å²) >= 11 is 6.63. The molecule has 2 aromatic carbocycles. The number of benzene rings is 2. The fourth-order valence-electron chi connectivity index (χ4n) is 2.60. The highest BCUT2D eigenvalue weighted by molar-refractivity contribution is 7.80. The number of hydrogen-bond acceptors (Lipinski definition) is 5. The lowest BCUT2D eigenvalue weighted by atomic mass is 10.1. The fraction of sp³-hybridized carbons (Fsp3) is 0.190. The maximum absolute atomic E-state index is 12.3. The summed E-state index contributed by atoms with van der Waals surface area (Å²) < 4.78 is 5.13. The lowest BCUT2D eigenvalue weighted by molar-refractivity contribution is 0.0949. The molecule has 0 fully saturated rings. The third-order valence-corrected chi connectivity index (χ3v) is 5.04. The van der Waals surface area contributed by atoms with Crippen LogP contribution in [0.5, 0.6) is 5.75 Å². The second-order valence-electron chi connectivity index (χ2n) is 6.19. The second-order valence-corrected chi connectivity index (χ2v) is 7.46. The summed E-state index contributed by atoms with van der Waals surface area (Å²) in [7, 11) is 1.62. The van der Waals surface area contributed by atoms with Crippen molar-refractivity contribution >= 4 is 45.4 Å². The molecule has 0 aliphatic carbocycles. The molecule has 0 spiro atoms. The van der Waals surface area contributed by atoms with Crippen LogP contribution < -0.4 is 20.7 Å². The predicted octanol–water partition coefficient (Wildman–Crippen LogP) is 4.32. The van der Waals surface area contributed by atoms with Gasteiger partial charge in [0.25, 0.3) is 5.91 Å². The summed E-state index contributed by atoms with van der Waals surface area (Å²) in [5, 5.41) is 11.6. The summed E-state index contributed by atoms with van der Waals surface area (Å²) in [5.41, 5.74) is 2.47. The van der Waals surface area contributed by atoms with E-state index in [4.69, 9.17) is 17.0 Å². The van der Waals surface area contributed by atoms with Crippen molar-refractivity contribution in [2.45, 2.75) is 12.8 Å². The number of rotatable bonds is 8. The minimum Gasteiger partial charge on any atom is -0.497 e. The zero-order valence-electron chi connectivity index (χ0n) is 16.0. The average molecular weight is 427 g/mol. The van der Waals surface area contributed by atoms with Gasteiger partial charge in [-0.15, -0.1) is 11.3 Å². The van der Waals surface area contributed by atoms with Crippen LogP contribution in [0.3, 0.4) is 0 Å². The maximum Gasteiger partial charge on any atom is 0.270 e. The van der Waals surface area contributed by atoms with Crippen LogP contribution in [0.2, 0.25) is 0 Å². The van der Waals surface area contributed by atoms with Gasteiger partial charge in [0.05, 0.1) is 7.11 Å². The smallest absolute Gasteiger partial charge is 0.270 e. The number of nitrogens with one attached hydrogen (secondary N) is 3. The molecule has 3 aromatic rings.